The fourth-order valence-corrected chi connectivity index (χ4v) is 1.30. The minimum absolute atomic E-state index is 0.261. The van der Waals surface area contributed by atoms with Crippen LogP contribution in [-0.2, 0) is 9.53 Å². The standard InChI is InChI=1S/C8H13N3O3/c9-3-6-4-11(1-2-14-6)5-7(10)8(12)13/h6-7H,1-2,4-5,10H2,(H,12,13). The summed E-state index contributed by atoms with van der Waals surface area (Å²) in [6, 6.07) is 1.09. The first kappa shape index (κ1) is 10.9. The van der Waals surface area contributed by atoms with Crippen LogP contribution in [0.1, 0.15) is 0 Å². The molecule has 0 aromatic rings. The number of hydrogen-bond donors (Lipinski definition) is 2. The maximum atomic E-state index is 10.5. The molecule has 3 N–H and O–H groups in total. The van der Waals surface area contributed by atoms with Gasteiger partial charge in [0.15, 0.2) is 6.10 Å². The minimum atomic E-state index is -1.02. The number of carbonyl (C=O) groups is 1. The molecule has 1 fully saturated rings. The lowest BCUT2D eigenvalue weighted by Crippen LogP contribution is -2.49. The molecule has 1 aliphatic heterocycles. The summed E-state index contributed by atoms with van der Waals surface area (Å²) in [7, 11) is 0. The Morgan fingerprint density at radius 2 is 2.57 bits per heavy atom. The molecule has 2 atom stereocenters. The Labute approximate surface area is 81.8 Å². The highest BCUT2D eigenvalue weighted by molar-refractivity contribution is 5.73. The Morgan fingerprint density at radius 1 is 1.86 bits per heavy atom. The third-order valence-corrected chi connectivity index (χ3v) is 2.07. The van der Waals surface area contributed by atoms with E-state index in [2.05, 4.69) is 0 Å². The summed E-state index contributed by atoms with van der Waals surface area (Å²) in [5.41, 5.74) is 5.37. The van der Waals surface area contributed by atoms with Gasteiger partial charge >= 0.3 is 5.97 Å². The number of nitrogens with two attached hydrogens (primary N) is 1. The van der Waals surface area contributed by atoms with E-state index in [1.54, 1.807) is 0 Å². The number of ether oxygens (including phenoxy) is 1. The van der Waals surface area contributed by atoms with Crippen LogP contribution in [0.3, 0.4) is 0 Å². The van der Waals surface area contributed by atoms with E-state index in [-0.39, 0.29) is 6.54 Å². The van der Waals surface area contributed by atoms with Gasteiger partial charge in [0, 0.05) is 19.6 Å². The van der Waals surface area contributed by atoms with E-state index >= 15 is 0 Å². The molecular weight excluding hydrogens is 186 g/mol. The number of rotatable bonds is 3. The number of aliphatic carboxylic acids is 1. The fourth-order valence-electron chi connectivity index (χ4n) is 1.30. The Balaban J connectivity index is 2.38. The molecule has 6 nitrogen and oxygen atoms in total. The largest absolute Gasteiger partial charge is 0.480 e. The molecule has 78 valence electrons. The van der Waals surface area contributed by atoms with E-state index in [4.69, 9.17) is 20.8 Å². The van der Waals surface area contributed by atoms with Crippen LogP contribution in [0.4, 0.5) is 0 Å². The van der Waals surface area contributed by atoms with Crippen molar-refractivity contribution in [2.75, 3.05) is 26.2 Å². The van der Waals surface area contributed by atoms with Gasteiger partial charge in [-0.3, -0.25) is 9.69 Å². The normalized spacial score (nSPS) is 25.3. The Morgan fingerprint density at radius 3 is 3.14 bits per heavy atom. The molecule has 1 rings (SSSR count). The zero-order valence-corrected chi connectivity index (χ0v) is 7.72. The molecule has 0 aromatic carbocycles. The molecule has 0 aliphatic carbocycles. The molecule has 1 saturated heterocycles. The highest BCUT2D eigenvalue weighted by atomic mass is 16.5. The Kier molecular flexibility index (Phi) is 3.83. The lowest BCUT2D eigenvalue weighted by molar-refractivity contribution is -0.139. The maximum absolute atomic E-state index is 10.5. The van der Waals surface area contributed by atoms with Crippen molar-refractivity contribution >= 4 is 5.97 Å². The summed E-state index contributed by atoms with van der Waals surface area (Å²) in [4.78, 5) is 12.3. The number of nitriles is 1. The zero-order chi connectivity index (χ0) is 10.6. The van der Waals surface area contributed by atoms with E-state index < -0.39 is 18.1 Å². The molecule has 2 unspecified atom stereocenters. The van der Waals surface area contributed by atoms with Crippen LogP contribution >= 0.6 is 0 Å². The molecular formula is C8H13N3O3. The maximum Gasteiger partial charge on any atom is 0.321 e. The van der Waals surface area contributed by atoms with E-state index in [0.717, 1.165) is 0 Å². The Bertz CT molecular complexity index is 251. The van der Waals surface area contributed by atoms with Gasteiger partial charge in [0.2, 0.25) is 0 Å². The first-order valence-electron chi connectivity index (χ1n) is 4.35. The van der Waals surface area contributed by atoms with Crippen molar-refractivity contribution in [3.8, 4) is 6.07 Å². The Hall–Kier alpha value is -1.16. The molecule has 0 radical (unpaired) electrons. The van der Waals surface area contributed by atoms with Crippen LogP contribution in [0.15, 0.2) is 0 Å². The van der Waals surface area contributed by atoms with Crippen molar-refractivity contribution in [3.63, 3.8) is 0 Å². The molecule has 0 amide bonds. The first-order chi connectivity index (χ1) is 6.63. The SMILES string of the molecule is N#CC1CN(CC(N)C(=O)O)CCO1. The van der Waals surface area contributed by atoms with E-state index in [0.29, 0.717) is 19.7 Å². The molecule has 14 heavy (non-hydrogen) atoms. The van der Waals surface area contributed by atoms with Gasteiger partial charge in [-0.2, -0.15) is 5.26 Å². The highest BCUT2D eigenvalue weighted by Crippen LogP contribution is 2.04. The monoisotopic (exact) mass is 199 g/mol. The smallest absolute Gasteiger partial charge is 0.321 e. The lowest BCUT2D eigenvalue weighted by Gasteiger charge is -2.30. The zero-order valence-electron chi connectivity index (χ0n) is 7.72. The van der Waals surface area contributed by atoms with Gasteiger partial charge in [-0.1, -0.05) is 0 Å². The first-order valence-corrected chi connectivity index (χ1v) is 4.35. The van der Waals surface area contributed by atoms with Crippen LogP contribution in [0, 0.1) is 11.3 Å². The van der Waals surface area contributed by atoms with Crippen molar-refractivity contribution in [1.29, 1.82) is 5.26 Å². The van der Waals surface area contributed by atoms with Crippen LogP contribution < -0.4 is 5.73 Å². The number of carboxylic acids is 1. The van der Waals surface area contributed by atoms with Crippen LogP contribution in [0.2, 0.25) is 0 Å². The number of morpholine rings is 1. The van der Waals surface area contributed by atoms with Crippen molar-refractivity contribution in [3.05, 3.63) is 0 Å². The predicted molar refractivity (Wildman–Crippen MR) is 47.4 cm³/mol. The molecule has 6 heteroatoms. The lowest BCUT2D eigenvalue weighted by atomic mass is 10.2. The average Bonchev–Trinajstić information content (AvgIpc) is 2.18. The van der Waals surface area contributed by atoms with E-state index in [1.165, 1.54) is 0 Å². The highest BCUT2D eigenvalue weighted by Gasteiger charge is 2.23. The third-order valence-electron chi connectivity index (χ3n) is 2.07. The number of hydrogen-bond acceptors (Lipinski definition) is 5. The summed E-state index contributed by atoms with van der Waals surface area (Å²) in [5, 5.41) is 17.2. The van der Waals surface area contributed by atoms with Crippen molar-refractivity contribution in [2.24, 2.45) is 5.73 Å². The predicted octanol–water partition coefficient (Wildman–Crippen LogP) is -1.38. The van der Waals surface area contributed by atoms with Gasteiger partial charge in [-0.25, -0.2) is 0 Å². The molecule has 1 heterocycles. The summed E-state index contributed by atoms with van der Waals surface area (Å²) in [5.74, 6) is -1.02. The summed E-state index contributed by atoms with van der Waals surface area (Å²) in [6.45, 7) is 1.76. The topological polar surface area (TPSA) is 99.6 Å². The second kappa shape index (κ2) is 4.91. The van der Waals surface area contributed by atoms with Gasteiger partial charge in [0.1, 0.15) is 6.04 Å². The summed E-state index contributed by atoms with van der Waals surface area (Å²) >= 11 is 0. The average molecular weight is 199 g/mol. The van der Waals surface area contributed by atoms with E-state index in [1.807, 2.05) is 11.0 Å². The second-order valence-corrected chi connectivity index (χ2v) is 3.19. The molecule has 1 aliphatic rings. The fraction of sp³-hybridized carbons (Fsp3) is 0.750. The van der Waals surface area contributed by atoms with Crippen LogP contribution in [0.25, 0.3) is 0 Å². The van der Waals surface area contributed by atoms with Crippen LogP contribution in [-0.4, -0.2) is 54.4 Å². The van der Waals surface area contributed by atoms with Gasteiger partial charge in [-0.05, 0) is 0 Å². The van der Waals surface area contributed by atoms with Crippen molar-refractivity contribution in [1.82, 2.24) is 4.90 Å². The van der Waals surface area contributed by atoms with E-state index in [9.17, 15) is 4.79 Å². The number of nitrogens with zero attached hydrogens (tertiary/aromatic N) is 2. The van der Waals surface area contributed by atoms with Gasteiger partial charge < -0.3 is 15.6 Å². The molecule has 0 spiro atoms. The second-order valence-electron chi connectivity index (χ2n) is 3.19. The van der Waals surface area contributed by atoms with Gasteiger partial charge in [0.25, 0.3) is 0 Å². The molecule has 0 saturated carbocycles. The molecule has 0 aromatic heterocycles. The minimum Gasteiger partial charge on any atom is -0.480 e. The summed E-state index contributed by atoms with van der Waals surface area (Å²) < 4.78 is 5.11. The van der Waals surface area contributed by atoms with Gasteiger partial charge in [-0.15, -0.1) is 0 Å². The van der Waals surface area contributed by atoms with Crippen molar-refractivity contribution < 1.29 is 14.6 Å². The van der Waals surface area contributed by atoms with Crippen molar-refractivity contribution in [2.45, 2.75) is 12.1 Å². The van der Waals surface area contributed by atoms with Gasteiger partial charge in [0.05, 0.1) is 12.7 Å². The summed E-state index contributed by atoms with van der Waals surface area (Å²) in [6.07, 6.45) is -0.468. The number of carboxylic acid groups (broad SMARTS) is 1. The molecule has 0 bridgehead atoms. The van der Waals surface area contributed by atoms with Crippen LogP contribution in [0.5, 0.6) is 0 Å². The quantitative estimate of drug-likeness (QED) is 0.581. The third kappa shape index (κ3) is 2.96.